The van der Waals surface area contributed by atoms with Crippen molar-refractivity contribution in [2.24, 2.45) is 11.7 Å². The van der Waals surface area contributed by atoms with Gasteiger partial charge in [0.25, 0.3) is 0 Å². The van der Waals surface area contributed by atoms with E-state index in [-0.39, 0.29) is 12.5 Å². The number of rotatable bonds is 4. The summed E-state index contributed by atoms with van der Waals surface area (Å²) in [7, 11) is 0. The van der Waals surface area contributed by atoms with Crippen LogP contribution in [0.2, 0.25) is 0 Å². The van der Waals surface area contributed by atoms with E-state index in [0.29, 0.717) is 6.54 Å². The Hall–Kier alpha value is -0.380. The Balaban J connectivity index is 2.80. The number of aliphatic hydroxyl groups excluding tert-OH is 1. The third-order valence-electron chi connectivity index (χ3n) is 2.48. The fourth-order valence-corrected chi connectivity index (χ4v) is 1.81. The molecule has 2 nitrogen and oxygen atoms in total. The van der Waals surface area contributed by atoms with Gasteiger partial charge in [0.2, 0.25) is 0 Å². The molecule has 0 aliphatic heterocycles. The quantitative estimate of drug-likeness (QED) is 0.866. The molecule has 1 aromatic rings. The summed E-state index contributed by atoms with van der Waals surface area (Å²) in [5.74, 6) is 0.169. The molecule has 0 aliphatic carbocycles. The van der Waals surface area contributed by atoms with Gasteiger partial charge in [-0.25, -0.2) is 0 Å². The van der Waals surface area contributed by atoms with E-state index in [2.05, 4.69) is 28.9 Å². The maximum absolute atomic E-state index is 9.06. The summed E-state index contributed by atoms with van der Waals surface area (Å²) >= 11 is 3.49. The molecule has 14 heavy (non-hydrogen) atoms. The van der Waals surface area contributed by atoms with Crippen LogP contribution in [0.3, 0.4) is 0 Å². The second kappa shape index (κ2) is 5.49. The molecule has 1 unspecified atom stereocenters. The Morgan fingerprint density at radius 1 is 1.50 bits per heavy atom. The van der Waals surface area contributed by atoms with Gasteiger partial charge in [-0.15, -0.1) is 0 Å². The van der Waals surface area contributed by atoms with Crippen LogP contribution >= 0.6 is 15.9 Å². The van der Waals surface area contributed by atoms with Crippen molar-refractivity contribution in [2.75, 3.05) is 13.2 Å². The molecule has 78 valence electrons. The van der Waals surface area contributed by atoms with Gasteiger partial charge in [0.15, 0.2) is 0 Å². The predicted octanol–water partition coefficient (Wildman–Crippen LogP) is 1.87. The van der Waals surface area contributed by atoms with Crippen LogP contribution in [-0.4, -0.2) is 18.3 Å². The predicted molar refractivity (Wildman–Crippen MR) is 62.2 cm³/mol. The van der Waals surface area contributed by atoms with Crippen molar-refractivity contribution in [3.63, 3.8) is 0 Å². The van der Waals surface area contributed by atoms with Gasteiger partial charge in [-0.1, -0.05) is 28.1 Å². The fourth-order valence-electron chi connectivity index (χ4n) is 1.41. The fraction of sp³-hybridized carbons (Fsp3) is 0.455. The maximum Gasteiger partial charge on any atom is 0.0474 e. The first kappa shape index (κ1) is 11.7. The van der Waals surface area contributed by atoms with E-state index in [1.807, 2.05) is 12.1 Å². The topological polar surface area (TPSA) is 46.2 Å². The van der Waals surface area contributed by atoms with Gasteiger partial charge < -0.3 is 10.8 Å². The molecule has 0 saturated heterocycles. The number of hydrogen-bond donors (Lipinski definition) is 2. The van der Waals surface area contributed by atoms with Crippen molar-refractivity contribution in [1.82, 2.24) is 0 Å². The molecule has 3 N–H and O–H groups in total. The molecular formula is C11H16BrNO. The van der Waals surface area contributed by atoms with E-state index < -0.39 is 0 Å². The van der Waals surface area contributed by atoms with Crippen molar-refractivity contribution in [2.45, 2.75) is 13.3 Å². The van der Waals surface area contributed by atoms with E-state index in [4.69, 9.17) is 10.8 Å². The molecule has 1 atom stereocenters. The lowest BCUT2D eigenvalue weighted by atomic mass is 9.97. The molecule has 0 radical (unpaired) electrons. The molecule has 0 aromatic heterocycles. The van der Waals surface area contributed by atoms with Crippen LogP contribution in [0.25, 0.3) is 0 Å². The lowest BCUT2D eigenvalue weighted by molar-refractivity contribution is 0.229. The molecule has 0 heterocycles. The normalized spacial score (nSPS) is 12.9. The van der Waals surface area contributed by atoms with Crippen molar-refractivity contribution >= 4 is 15.9 Å². The maximum atomic E-state index is 9.06. The van der Waals surface area contributed by atoms with Crippen molar-refractivity contribution < 1.29 is 5.11 Å². The first-order valence-electron chi connectivity index (χ1n) is 4.74. The number of hydrogen-bond acceptors (Lipinski definition) is 2. The Bertz CT molecular complexity index is 297. The summed E-state index contributed by atoms with van der Waals surface area (Å²) in [6, 6.07) is 6.12. The first-order chi connectivity index (χ1) is 6.69. The van der Waals surface area contributed by atoms with Gasteiger partial charge in [-0.05, 0) is 43.0 Å². The third-order valence-corrected chi connectivity index (χ3v) is 3.34. The average Bonchev–Trinajstić information content (AvgIpc) is 2.20. The molecule has 1 rings (SSSR count). The number of nitrogens with two attached hydrogens (primary N) is 1. The van der Waals surface area contributed by atoms with Crippen LogP contribution in [0.15, 0.2) is 22.7 Å². The minimum atomic E-state index is 0.155. The summed E-state index contributed by atoms with van der Waals surface area (Å²) in [6.45, 7) is 2.76. The first-order valence-corrected chi connectivity index (χ1v) is 5.53. The van der Waals surface area contributed by atoms with Crippen LogP contribution in [0.1, 0.15) is 11.1 Å². The smallest absolute Gasteiger partial charge is 0.0474 e. The highest BCUT2D eigenvalue weighted by molar-refractivity contribution is 9.10. The monoisotopic (exact) mass is 257 g/mol. The molecule has 0 aliphatic rings. The van der Waals surface area contributed by atoms with Gasteiger partial charge in [0.05, 0.1) is 0 Å². The lowest BCUT2D eigenvalue weighted by Crippen LogP contribution is -2.20. The average molecular weight is 258 g/mol. The zero-order valence-corrected chi connectivity index (χ0v) is 9.92. The molecule has 0 spiro atoms. The van der Waals surface area contributed by atoms with Crippen molar-refractivity contribution in [3.8, 4) is 0 Å². The summed E-state index contributed by atoms with van der Waals surface area (Å²) in [5, 5.41) is 9.06. The molecule has 1 aromatic carbocycles. The Kier molecular flexibility index (Phi) is 4.58. The van der Waals surface area contributed by atoms with Crippen molar-refractivity contribution in [1.29, 1.82) is 0 Å². The van der Waals surface area contributed by atoms with E-state index >= 15 is 0 Å². The summed E-state index contributed by atoms with van der Waals surface area (Å²) in [6.07, 6.45) is 0.846. The minimum Gasteiger partial charge on any atom is -0.396 e. The molecule has 0 amide bonds. The Morgan fingerprint density at radius 2 is 2.21 bits per heavy atom. The Morgan fingerprint density at radius 3 is 2.79 bits per heavy atom. The molecule has 0 fully saturated rings. The van der Waals surface area contributed by atoms with Gasteiger partial charge in [-0.3, -0.25) is 0 Å². The summed E-state index contributed by atoms with van der Waals surface area (Å²) in [5.41, 5.74) is 8.04. The zero-order chi connectivity index (χ0) is 10.6. The van der Waals surface area contributed by atoms with E-state index in [1.165, 1.54) is 11.1 Å². The number of aliphatic hydroxyl groups is 1. The second-order valence-electron chi connectivity index (χ2n) is 3.51. The van der Waals surface area contributed by atoms with Crippen LogP contribution in [-0.2, 0) is 6.42 Å². The highest BCUT2D eigenvalue weighted by Gasteiger charge is 2.09. The molecule has 0 saturated carbocycles. The van der Waals surface area contributed by atoms with Crippen LogP contribution in [0.5, 0.6) is 0 Å². The van der Waals surface area contributed by atoms with Gasteiger partial charge in [-0.2, -0.15) is 0 Å². The Labute approximate surface area is 93.3 Å². The number of benzene rings is 1. The minimum absolute atomic E-state index is 0.155. The molecule has 0 bridgehead atoms. The largest absolute Gasteiger partial charge is 0.396 e. The van der Waals surface area contributed by atoms with Gasteiger partial charge in [0.1, 0.15) is 0 Å². The molecular weight excluding hydrogens is 242 g/mol. The van der Waals surface area contributed by atoms with Gasteiger partial charge >= 0.3 is 0 Å². The SMILES string of the molecule is Cc1c(Br)cccc1CC(CN)CO. The molecule has 3 heteroatoms. The van der Waals surface area contributed by atoms with Crippen molar-refractivity contribution in [3.05, 3.63) is 33.8 Å². The number of halogens is 1. The lowest BCUT2D eigenvalue weighted by Gasteiger charge is -2.13. The van der Waals surface area contributed by atoms with Gasteiger partial charge in [0, 0.05) is 11.1 Å². The highest BCUT2D eigenvalue weighted by atomic mass is 79.9. The van der Waals surface area contributed by atoms with Crippen LogP contribution in [0, 0.1) is 12.8 Å². The highest BCUT2D eigenvalue weighted by Crippen LogP contribution is 2.21. The second-order valence-corrected chi connectivity index (χ2v) is 4.37. The zero-order valence-electron chi connectivity index (χ0n) is 8.33. The summed E-state index contributed by atoms with van der Waals surface area (Å²) in [4.78, 5) is 0. The summed E-state index contributed by atoms with van der Waals surface area (Å²) < 4.78 is 1.11. The van der Waals surface area contributed by atoms with E-state index in [0.717, 1.165) is 10.9 Å². The van der Waals surface area contributed by atoms with Crippen LogP contribution in [0.4, 0.5) is 0 Å². The standard InChI is InChI=1S/C11H16BrNO/c1-8-10(3-2-4-11(8)12)5-9(6-13)7-14/h2-4,9,14H,5-7,13H2,1H3. The third kappa shape index (κ3) is 2.80. The van der Waals surface area contributed by atoms with E-state index in [9.17, 15) is 0 Å². The van der Waals surface area contributed by atoms with E-state index in [1.54, 1.807) is 0 Å². The van der Waals surface area contributed by atoms with Crippen LogP contribution < -0.4 is 5.73 Å².